The first-order valence-electron chi connectivity index (χ1n) is 6.61. The molecule has 2 rings (SSSR count). The first kappa shape index (κ1) is 11.5. The normalized spacial score (nSPS) is 21.8. The third kappa shape index (κ3) is 2.58. The number of hydrogen-bond donors (Lipinski definition) is 0. The van der Waals surface area contributed by atoms with E-state index in [4.69, 9.17) is 0 Å². The van der Waals surface area contributed by atoms with Crippen molar-refractivity contribution in [2.45, 2.75) is 39.5 Å². The van der Waals surface area contributed by atoms with Gasteiger partial charge in [0.2, 0.25) is 0 Å². The quantitative estimate of drug-likeness (QED) is 0.678. The highest BCUT2D eigenvalue weighted by Gasteiger charge is 2.18. The fraction of sp³-hybridized carbons (Fsp3) is 0.600. The molecule has 0 saturated carbocycles. The molecule has 1 aliphatic heterocycles. The number of rotatable bonds is 2. The first-order chi connectivity index (χ1) is 7.79. The van der Waals surface area contributed by atoms with Gasteiger partial charge in [0.15, 0.2) is 0 Å². The van der Waals surface area contributed by atoms with E-state index in [1.165, 1.54) is 43.6 Å². The molecule has 1 saturated heterocycles. The Bertz CT molecular complexity index is 314. The summed E-state index contributed by atoms with van der Waals surface area (Å²) in [5.41, 5.74) is 3.01. The van der Waals surface area contributed by atoms with Crippen molar-refractivity contribution in [2.75, 3.05) is 13.1 Å². The maximum Gasteiger partial charge on any atom is 0.0363 e. The van der Waals surface area contributed by atoms with E-state index < -0.39 is 0 Å². The Hall–Kier alpha value is -0.980. The van der Waals surface area contributed by atoms with Crippen molar-refractivity contribution in [2.24, 2.45) is 5.92 Å². The van der Waals surface area contributed by atoms with E-state index in [2.05, 4.69) is 43.1 Å². The Morgan fingerprint density at radius 2 is 1.88 bits per heavy atom. The van der Waals surface area contributed by atoms with E-state index in [-0.39, 0.29) is 0 Å². The summed E-state index contributed by atoms with van der Waals surface area (Å²) in [5, 5.41) is 0. The van der Waals surface area contributed by atoms with Crippen LogP contribution in [0.4, 0.5) is 0 Å². The Kier molecular flexibility index (Phi) is 3.87. The van der Waals surface area contributed by atoms with Crippen molar-refractivity contribution < 1.29 is 0 Å². The third-order valence-electron chi connectivity index (χ3n) is 3.47. The number of nitrogens with zero attached hydrogens (tertiary/aromatic N) is 1. The smallest absolute Gasteiger partial charge is 0.0363 e. The lowest BCUT2D eigenvalue weighted by molar-refractivity contribution is 0.286. The standard InChI is InChI=1S/C15H23N/c1-13(2)14-9-5-3-6-10-15(14)16-11-7-4-8-12-16/h3,5,9-10,13H,4,6-8,11-12H2,1-2H3. The summed E-state index contributed by atoms with van der Waals surface area (Å²) in [7, 11) is 0. The summed E-state index contributed by atoms with van der Waals surface area (Å²) in [4.78, 5) is 2.59. The van der Waals surface area contributed by atoms with Gasteiger partial charge in [-0.05, 0) is 37.2 Å². The maximum atomic E-state index is 2.59. The minimum Gasteiger partial charge on any atom is -0.372 e. The minimum atomic E-state index is 0.621. The Morgan fingerprint density at radius 1 is 1.12 bits per heavy atom. The summed E-state index contributed by atoms with van der Waals surface area (Å²) in [6.45, 7) is 7.08. The van der Waals surface area contributed by atoms with E-state index in [1.54, 1.807) is 0 Å². The summed E-state index contributed by atoms with van der Waals surface area (Å²) in [6, 6.07) is 0. The molecule has 16 heavy (non-hydrogen) atoms. The van der Waals surface area contributed by atoms with E-state index >= 15 is 0 Å². The van der Waals surface area contributed by atoms with E-state index in [0.717, 1.165) is 6.42 Å². The zero-order chi connectivity index (χ0) is 11.4. The number of piperidine rings is 1. The fourth-order valence-corrected chi connectivity index (χ4v) is 2.57. The summed E-state index contributed by atoms with van der Waals surface area (Å²) >= 11 is 0. The highest BCUT2D eigenvalue weighted by Crippen LogP contribution is 2.27. The molecule has 1 heterocycles. The van der Waals surface area contributed by atoms with Crippen molar-refractivity contribution in [3.8, 4) is 0 Å². The lowest BCUT2D eigenvalue weighted by Gasteiger charge is -2.33. The van der Waals surface area contributed by atoms with Crippen LogP contribution in [0.25, 0.3) is 0 Å². The predicted molar refractivity (Wildman–Crippen MR) is 70.2 cm³/mol. The average molecular weight is 217 g/mol. The molecule has 0 aromatic heterocycles. The molecule has 0 aromatic carbocycles. The van der Waals surface area contributed by atoms with Crippen LogP contribution in [-0.4, -0.2) is 18.0 Å². The molecule has 0 atom stereocenters. The largest absolute Gasteiger partial charge is 0.372 e. The van der Waals surface area contributed by atoms with Gasteiger partial charge in [0.1, 0.15) is 0 Å². The van der Waals surface area contributed by atoms with Crippen LogP contribution in [0, 0.1) is 5.92 Å². The van der Waals surface area contributed by atoms with Gasteiger partial charge < -0.3 is 4.90 Å². The van der Waals surface area contributed by atoms with Crippen molar-refractivity contribution >= 4 is 0 Å². The molecule has 1 fully saturated rings. The van der Waals surface area contributed by atoms with Crippen LogP contribution in [0.5, 0.6) is 0 Å². The van der Waals surface area contributed by atoms with E-state index in [1.807, 2.05) is 0 Å². The number of likely N-dealkylation sites (tertiary alicyclic amines) is 1. The van der Waals surface area contributed by atoms with Crippen LogP contribution in [0.2, 0.25) is 0 Å². The number of allylic oxidation sites excluding steroid dienone is 5. The molecule has 1 aliphatic carbocycles. The van der Waals surface area contributed by atoms with Gasteiger partial charge in [-0.15, -0.1) is 0 Å². The maximum absolute atomic E-state index is 2.59. The molecule has 0 bridgehead atoms. The average Bonchev–Trinajstić information content (AvgIpc) is 2.55. The second kappa shape index (κ2) is 5.38. The summed E-state index contributed by atoms with van der Waals surface area (Å²) < 4.78 is 0. The number of hydrogen-bond acceptors (Lipinski definition) is 1. The topological polar surface area (TPSA) is 3.24 Å². The molecule has 0 radical (unpaired) electrons. The Labute approximate surface area is 99.5 Å². The van der Waals surface area contributed by atoms with Gasteiger partial charge in [-0.25, -0.2) is 0 Å². The zero-order valence-electron chi connectivity index (χ0n) is 10.6. The van der Waals surface area contributed by atoms with Gasteiger partial charge >= 0.3 is 0 Å². The zero-order valence-corrected chi connectivity index (χ0v) is 10.6. The molecular formula is C15H23N. The van der Waals surface area contributed by atoms with Crippen molar-refractivity contribution in [3.05, 3.63) is 35.6 Å². The Balaban J connectivity index is 2.19. The molecule has 0 unspecified atom stereocenters. The SMILES string of the molecule is CC(C)C1=CC=CCC=C1N1CCCCC1. The Morgan fingerprint density at radius 3 is 2.56 bits per heavy atom. The molecule has 2 aliphatic rings. The molecule has 0 N–H and O–H groups in total. The van der Waals surface area contributed by atoms with Gasteiger partial charge in [0.25, 0.3) is 0 Å². The molecule has 0 spiro atoms. The van der Waals surface area contributed by atoms with Crippen molar-refractivity contribution in [3.63, 3.8) is 0 Å². The van der Waals surface area contributed by atoms with Crippen molar-refractivity contribution in [1.29, 1.82) is 0 Å². The third-order valence-corrected chi connectivity index (χ3v) is 3.47. The second-order valence-corrected chi connectivity index (χ2v) is 5.08. The van der Waals surface area contributed by atoms with E-state index in [0.29, 0.717) is 5.92 Å². The van der Waals surface area contributed by atoms with Crippen LogP contribution >= 0.6 is 0 Å². The molecule has 0 aromatic rings. The van der Waals surface area contributed by atoms with Gasteiger partial charge in [-0.2, -0.15) is 0 Å². The van der Waals surface area contributed by atoms with Crippen LogP contribution in [0.15, 0.2) is 35.6 Å². The lowest BCUT2D eigenvalue weighted by Crippen LogP contribution is -2.30. The van der Waals surface area contributed by atoms with Crippen LogP contribution in [0.1, 0.15) is 39.5 Å². The highest BCUT2D eigenvalue weighted by molar-refractivity contribution is 5.37. The fourth-order valence-electron chi connectivity index (χ4n) is 2.57. The highest BCUT2D eigenvalue weighted by atomic mass is 15.1. The molecule has 1 heteroatoms. The monoisotopic (exact) mass is 217 g/mol. The molecular weight excluding hydrogens is 194 g/mol. The van der Waals surface area contributed by atoms with E-state index in [9.17, 15) is 0 Å². The van der Waals surface area contributed by atoms with Crippen molar-refractivity contribution in [1.82, 2.24) is 4.90 Å². The van der Waals surface area contributed by atoms with Gasteiger partial charge in [0.05, 0.1) is 0 Å². The molecule has 1 nitrogen and oxygen atoms in total. The first-order valence-corrected chi connectivity index (χ1v) is 6.61. The second-order valence-electron chi connectivity index (χ2n) is 5.08. The molecule has 0 amide bonds. The van der Waals surface area contributed by atoms with Crippen LogP contribution in [0.3, 0.4) is 0 Å². The van der Waals surface area contributed by atoms with Gasteiger partial charge in [0, 0.05) is 18.8 Å². The molecule has 88 valence electrons. The van der Waals surface area contributed by atoms with Gasteiger partial charge in [-0.3, -0.25) is 0 Å². The summed E-state index contributed by atoms with van der Waals surface area (Å²) in [6.07, 6.45) is 14.4. The van der Waals surface area contributed by atoms with Crippen LogP contribution in [-0.2, 0) is 0 Å². The predicted octanol–water partition coefficient (Wildman–Crippen LogP) is 3.90. The lowest BCUT2D eigenvalue weighted by atomic mass is 9.97. The minimum absolute atomic E-state index is 0.621. The van der Waals surface area contributed by atoms with Gasteiger partial charge in [-0.1, -0.05) is 38.2 Å². The van der Waals surface area contributed by atoms with Crippen LogP contribution < -0.4 is 0 Å². The summed E-state index contributed by atoms with van der Waals surface area (Å²) in [5.74, 6) is 0.621.